The third-order valence-corrected chi connectivity index (χ3v) is 4.14. The van der Waals surface area contributed by atoms with Crippen molar-refractivity contribution in [3.8, 4) is 0 Å². The fraction of sp³-hybridized carbons (Fsp3) is 0.562. The van der Waals surface area contributed by atoms with Crippen LogP contribution in [0.25, 0.3) is 0 Å². The lowest BCUT2D eigenvalue weighted by molar-refractivity contribution is 0.0968. The standard InChI is InChI=1S/C16H22ClNO/c1-2-3-13-8-10-18(12-13)11-9-16(19)14-4-6-15(17)7-5-14/h4-7,13H,2-3,8-12H2,1H3. The van der Waals surface area contributed by atoms with E-state index in [9.17, 15) is 4.79 Å². The molecule has 1 aliphatic rings. The van der Waals surface area contributed by atoms with Gasteiger partial charge in [-0.3, -0.25) is 4.79 Å². The predicted octanol–water partition coefficient (Wildman–Crippen LogP) is 4.03. The lowest BCUT2D eigenvalue weighted by atomic mass is 10.0. The van der Waals surface area contributed by atoms with E-state index in [0.29, 0.717) is 11.4 Å². The second-order valence-electron chi connectivity index (χ2n) is 5.42. The highest BCUT2D eigenvalue weighted by atomic mass is 35.5. The van der Waals surface area contributed by atoms with Crippen molar-refractivity contribution >= 4 is 17.4 Å². The van der Waals surface area contributed by atoms with E-state index >= 15 is 0 Å². The highest BCUT2D eigenvalue weighted by Gasteiger charge is 2.21. The molecule has 1 aromatic carbocycles. The molecule has 1 aliphatic heterocycles. The molecule has 0 aliphatic carbocycles. The number of nitrogens with zero attached hydrogens (tertiary/aromatic N) is 1. The fourth-order valence-corrected chi connectivity index (χ4v) is 2.93. The molecule has 1 atom stereocenters. The van der Waals surface area contributed by atoms with Crippen LogP contribution in [0.5, 0.6) is 0 Å². The Balaban J connectivity index is 1.76. The molecule has 0 saturated carbocycles. The summed E-state index contributed by atoms with van der Waals surface area (Å²) in [7, 11) is 0. The zero-order chi connectivity index (χ0) is 13.7. The monoisotopic (exact) mass is 279 g/mol. The molecule has 1 fully saturated rings. The summed E-state index contributed by atoms with van der Waals surface area (Å²) in [5.41, 5.74) is 0.772. The van der Waals surface area contributed by atoms with Crippen molar-refractivity contribution in [3.05, 3.63) is 34.9 Å². The van der Waals surface area contributed by atoms with Gasteiger partial charge in [0.1, 0.15) is 0 Å². The molecule has 104 valence electrons. The van der Waals surface area contributed by atoms with Crippen LogP contribution in [0.15, 0.2) is 24.3 Å². The molecule has 0 spiro atoms. The Hall–Kier alpha value is -0.860. The maximum atomic E-state index is 12.1. The number of benzene rings is 1. The average Bonchev–Trinajstić information content (AvgIpc) is 2.85. The van der Waals surface area contributed by atoms with Crippen LogP contribution in [-0.2, 0) is 0 Å². The van der Waals surface area contributed by atoms with Crippen molar-refractivity contribution in [2.75, 3.05) is 19.6 Å². The second-order valence-corrected chi connectivity index (χ2v) is 5.86. The molecule has 0 N–H and O–H groups in total. The molecule has 1 aromatic rings. The Morgan fingerprint density at radius 2 is 2.11 bits per heavy atom. The first kappa shape index (κ1) is 14.5. The number of rotatable bonds is 6. The van der Waals surface area contributed by atoms with Crippen molar-refractivity contribution in [1.29, 1.82) is 0 Å². The van der Waals surface area contributed by atoms with Crippen LogP contribution < -0.4 is 0 Å². The van der Waals surface area contributed by atoms with Crippen molar-refractivity contribution in [1.82, 2.24) is 4.90 Å². The van der Waals surface area contributed by atoms with Gasteiger partial charge in [0.25, 0.3) is 0 Å². The molecule has 1 saturated heterocycles. The normalized spacial score (nSPS) is 19.8. The fourth-order valence-electron chi connectivity index (χ4n) is 2.80. The third kappa shape index (κ3) is 4.32. The first-order valence-electron chi connectivity index (χ1n) is 7.20. The first-order valence-corrected chi connectivity index (χ1v) is 7.58. The highest BCUT2D eigenvalue weighted by Crippen LogP contribution is 2.21. The Morgan fingerprint density at radius 1 is 1.37 bits per heavy atom. The quantitative estimate of drug-likeness (QED) is 0.733. The highest BCUT2D eigenvalue weighted by molar-refractivity contribution is 6.30. The summed E-state index contributed by atoms with van der Waals surface area (Å²) in [6.07, 6.45) is 4.49. The number of hydrogen-bond acceptors (Lipinski definition) is 2. The van der Waals surface area contributed by atoms with E-state index in [1.54, 1.807) is 12.1 Å². The van der Waals surface area contributed by atoms with Crippen molar-refractivity contribution in [2.45, 2.75) is 32.6 Å². The summed E-state index contributed by atoms with van der Waals surface area (Å²) in [5, 5.41) is 0.679. The number of ketones is 1. The molecule has 2 rings (SSSR count). The average molecular weight is 280 g/mol. The molecule has 0 aromatic heterocycles. The maximum absolute atomic E-state index is 12.1. The zero-order valence-corrected chi connectivity index (χ0v) is 12.3. The number of likely N-dealkylation sites (tertiary alicyclic amines) is 1. The lowest BCUT2D eigenvalue weighted by Crippen LogP contribution is -2.24. The van der Waals surface area contributed by atoms with Crippen LogP contribution in [0.2, 0.25) is 5.02 Å². The summed E-state index contributed by atoms with van der Waals surface area (Å²) in [4.78, 5) is 14.5. The van der Waals surface area contributed by atoms with Gasteiger partial charge in [-0.2, -0.15) is 0 Å². The van der Waals surface area contributed by atoms with Crippen molar-refractivity contribution in [3.63, 3.8) is 0 Å². The van der Waals surface area contributed by atoms with Gasteiger partial charge < -0.3 is 4.90 Å². The van der Waals surface area contributed by atoms with Crippen LogP contribution >= 0.6 is 11.6 Å². The summed E-state index contributed by atoms with van der Waals surface area (Å²) in [5.74, 6) is 1.06. The second kappa shape index (κ2) is 7.06. The third-order valence-electron chi connectivity index (χ3n) is 3.89. The van der Waals surface area contributed by atoms with Crippen LogP contribution in [0.3, 0.4) is 0 Å². The Kier molecular flexibility index (Phi) is 5.41. The first-order chi connectivity index (χ1) is 9.19. The van der Waals surface area contributed by atoms with Crippen LogP contribution in [0.4, 0.5) is 0 Å². The molecular formula is C16H22ClNO. The van der Waals surface area contributed by atoms with Gasteiger partial charge in [0.05, 0.1) is 0 Å². The van der Waals surface area contributed by atoms with Gasteiger partial charge in [-0.25, -0.2) is 0 Å². The smallest absolute Gasteiger partial charge is 0.164 e. The molecule has 2 nitrogen and oxygen atoms in total. The van der Waals surface area contributed by atoms with Gasteiger partial charge in [0.15, 0.2) is 5.78 Å². The van der Waals surface area contributed by atoms with Gasteiger partial charge >= 0.3 is 0 Å². The van der Waals surface area contributed by atoms with E-state index in [4.69, 9.17) is 11.6 Å². The summed E-state index contributed by atoms with van der Waals surface area (Å²) < 4.78 is 0. The minimum absolute atomic E-state index is 0.218. The summed E-state index contributed by atoms with van der Waals surface area (Å²) >= 11 is 5.82. The van der Waals surface area contributed by atoms with Crippen LogP contribution in [0.1, 0.15) is 43.0 Å². The molecule has 1 heterocycles. The molecule has 0 radical (unpaired) electrons. The minimum atomic E-state index is 0.218. The van der Waals surface area contributed by atoms with E-state index in [2.05, 4.69) is 11.8 Å². The zero-order valence-electron chi connectivity index (χ0n) is 11.6. The van der Waals surface area contributed by atoms with Crippen molar-refractivity contribution in [2.24, 2.45) is 5.92 Å². The van der Waals surface area contributed by atoms with E-state index in [1.807, 2.05) is 12.1 Å². The van der Waals surface area contributed by atoms with E-state index in [1.165, 1.54) is 25.8 Å². The largest absolute Gasteiger partial charge is 0.303 e. The Bertz CT molecular complexity index is 415. The van der Waals surface area contributed by atoms with Gasteiger partial charge in [0, 0.05) is 30.1 Å². The number of Topliss-reactive ketones (excluding diaryl/α,β-unsaturated/α-hetero) is 1. The number of hydrogen-bond donors (Lipinski definition) is 0. The van der Waals surface area contributed by atoms with Gasteiger partial charge in [-0.05, 0) is 49.6 Å². The molecule has 0 amide bonds. The Labute approximate surface area is 120 Å². The molecule has 3 heteroatoms. The minimum Gasteiger partial charge on any atom is -0.303 e. The molecule has 1 unspecified atom stereocenters. The van der Waals surface area contributed by atoms with E-state index in [0.717, 1.165) is 24.6 Å². The summed E-state index contributed by atoms with van der Waals surface area (Å²) in [6, 6.07) is 7.19. The lowest BCUT2D eigenvalue weighted by Gasteiger charge is -2.15. The van der Waals surface area contributed by atoms with Crippen molar-refractivity contribution < 1.29 is 4.79 Å². The number of carbonyl (C=O) groups excluding carboxylic acids is 1. The SMILES string of the molecule is CCCC1CCN(CCC(=O)c2ccc(Cl)cc2)C1. The predicted molar refractivity (Wildman–Crippen MR) is 79.9 cm³/mol. The Morgan fingerprint density at radius 3 is 2.79 bits per heavy atom. The van der Waals surface area contributed by atoms with Crippen LogP contribution in [0, 0.1) is 5.92 Å². The van der Waals surface area contributed by atoms with Crippen LogP contribution in [-0.4, -0.2) is 30.3 Å². The molecule has 0 bridgehead atoms. The van der Waals surface area contributed by atoms with Gasteiger partial charge in [-0.15, -0.1) is 0 Å². The van der Waals surface area contributed by atoms with E-state index in [-0.39, 0.29) is 5.78 Å². The van der Waals surface area contributed by atoms with Gasteiger partial charge in [0.2, 0.25) is 0 Å². The number of halogens is 1. The molecular weight excluding hydrogens is 258 g/mol. The number of carbonyl (C=O) groups is 1. The maximum Gasteiger partial charge on any atom is 0.164 e. The van der Waals surface area contributed by atoms with E-state index < -0.39 is 0 Å². The topological polar surface area (TPSA) is 20.3 Å². The van der Waals surface area contributed by atoms with Gasteiger partial charge in [-0.1, -0.05) is 24.9 Å². The molecule has 19 heavy (non-hydrogen) atoms. The summed E-state index contributed by atoms with van der Waals surface area (Å²) in [6.45, 7) is 5.45.